The molecule has 1 aromatic heterocycles. The van der Waals surface area contributed by atoms with E-state index in [-0.39, 0.29) is 5.91 Å². The third kappa shape index (κ3) is 2.36. The molecule has 74 valence electrons. The molecule has 0 saturated heterocycles. The molecule has 0 aliphatic heterocycles. The fourth-order valence-electron chi connectivity index (χ4n) is 1.14. The summed E-state index contributed by atoms with van der Waals surface area (Å²) in [6.07, 6.45) is 1.81. The Morgan fingerprint density at radius 3 is 3.00 bits per heavy atom. The van der Waals surface area contributed by atoms with Crippen LogP contribution in [-0.2, 0) is 0 Å². The first-order valence-corrected chi connectivity index (χ1v) is 4.49. The lowest BCUT2D eigenvalue weighted by molar-refractivity contribution is 0.0736. The van der Waals surface area contributed by atoms with E-state index in [1.54, 1.807) is 17.0 Å². The second-order valence-corrected chi connectivity index (χ2v) is 2.77. The van der Waals surface area contributed by atoms with Crippen molar-refractivity contribution < 1.29 is 9.21 Å². The van der Waals surface area contributed by atoms with Gasteiger partial charge in [-0.05, 0) is 19.1 Å². The van der Waals surface area contributed by atoms with Crippen LogP contribution in [0.15, 0.2) is 22.8 Å². The molecule has 1 amide bonds. The zero-order valence-corrected chi connectivity index (χ0v) is 8.06. The third-order valence-electron chi connectivity index (χ3n) is 1.89. The molecule has 1 aromatic rings. The topological polar surface area (TPSA) is 57.2 Å². The molecule has 0 bridgehead atoms. The number of nitriles is 1. The molecule has 4 nitrogen and oxygen atoms in total. The highest BCUT2D eigenvalue weighted by Gasteiger charge is 2.15. The summed E-state index contributed by atoms with van der Waals surface area (Å²) in [4.78, 5) is 13.3. The van der Waals surface area contributed by atoms with Crippen LogP contribution in [0, 0.1) is 11.3 Å². The smallest absolute Gasteiger partial charge is 0.289 e. The van der Waals surface area contributed by atoms with Gasteiger partial charge in [0.05, 0.1) is 18.8 Å². The lowest BCUT2D eigenvalue weighted by Gasteiger charge is -2.17. The first-order chi connectivity index (χ1) is 6.79. The zero-order chi connectivity index (χ0) is 10.4. The van der Waals surface area contributed by atoms with Crippen LogP contribution >= 0.6 is 0 Å². The van der Waals surface area contributed by atoms with Gasteiger partial charge >= 0.3 is 0 Å². The van der Waals surface area contributed by atoms with Gasteiger partial charge < -0.3 is 9.32 Å². The second kappa shape index (κ2) is 5.07. The quantitative estimate of drug-likeness (QED) is 0.728. The maximum atomic E-state index is 11.7. The van der Waals surface area contributed by atoms with Crippen LogP contribution < -0.4 is 0 Å². The number of amides is 1. The highest BCUT2D eigenvalue weighted by molar-refractivity contribution is 5.91. The van der Waals surface area contributed by atoms with Gasteiger partial charge in [0.25, 0.3) is 5.91 Å². The maximum absolute atomic E-state index is 11.7. The Balaban J connectivity index is 2.62. The third-order valence-corrected chi connectivity index (χ3v) is 1.89. The average molecular weight is 192 g/mol. The number of hydrogen-bond donors (Lipinski definition) is 0. The fraction of sp³-hybridized carbons (Fsp3) is 0.400. The minimum absolute atomic E-state index is 0.159. The van der Waals surface area contributed by atoms with E-state index in [4.69, 9.17) is 9.68 Å². The molecule has 14 heavy (non-hydrogen) atoms. The molecule has 0 saturated carbocycles. The van der Waals surface area contributed by atoms with Crippen molar-refractivity contribution in [3.63, 3.8) is 0 Å². The lowest BCUT2D eigenvalue weighted by Crippen LogP contribution is -2.31. The van der Waals surface area contributed by atoms with Crippen molar-refractivity contribution in [2.24, 2.45) is 0 Å². The number of nitrogens with zero attached hydrogens (tertiary/aromatic N) is 2. The molecule has 0 N–H and O–H groups in total. The van der Waals surface area contributed by atoms with E-state index in [1.807, 2.05) is 13.0 Å². The van der Waals surface area contributed by atoms with Gasteiger partial charge in [-0.1, -0.05) is 0 Å². The first kappa shape index (κ1) is 10.3. The summed E-state index contributed by atoms with van der Waals surface area (Å²) in [6, 6.07) is 5.30. The fourth-order valence-corrected chi connectivity index (χ4v) is 1.14. The minimum atomic E-state index is -0.159. The van der Waals surface area contributed by atoms with Gasteiger partial charge in [0.15, 0.2) is 5.76 Å². The number of carbonyl (C=O) groups is 1. The molecular weight excluding hydrogens is 180 g/mol. The Labute approximate surface area is 82.7 Å². The highest BCUT2D eigenvalue weighted by atomic mass is 16.3. The van der Waals surface area contributed by atoms with Gasteiger partial charge in [-0.15, -0.1) is 0 Å². The van der Waals surface area contributed by atoms with Crippen LogP contribution in [0.1, 0.15) is 23.9 Å². The molecule has 0 unspecified atom stereocenters. The monoisotopic (exact) mass is 192 g/mol. The molecule has 1 heterocycles. The van der Waals surface area contributed by atoms with Crippen molar-refractivity contribution in [3.8, 4) is 6.07 Å². The molecule has 4 heteroatoms. The van der Waals surface area contributed by atoms with Crippen LogP contribution in [-0.4, -0.2) is 23.9 Å². The predicted molar refractivity (Wildman–Crippen MR) is 50.5 cm³/mol. The van der Waals surface area contributed by atoms with Crippen molar-refractivity contribution in [3.05, 3.63) is 24.2 Å². The van der Waals surface area contributed by atoms with Crippen LogP contribution in [0.5, 0.6) is 0 Å². The average Bonchev–Trinajstić information content (AvgIpc) is 2.71. The summed E-state index contributed by atoms with van der Waals surface area (Å²) in [5.41, 5.74) is 0. The summed E-state index contributed by atoms with van der Waals surface area (Å²) >= 11 is 0. The first-order valence-electron chi connectivity index (χ1n) is 4.49. The van der Waals surface area contributed by atoms with E-state index in [0.717, 1.165) is 0 Å². The predicted octanol–water partition coefficient (Wildman–Crippen LogP) is 1.66. The van der Waals surface area contributed by atoms with E-state index in [9.17, 15) is 4.79 Å². The number of carbonyl (C=O) groups excluding carboxylic acids is 1. The second-order valence-electron chi connectivity index (χ2n) is 2.77. The normalized spacial score (nSPS) is 9.43. The van der Waals surface area contributed by atoms with Gasteiger partial charge in [0.2, 0.25) is 0 Å². The van der Waals surface area contributed by atoms with Crippen molar-refractivity contribution in [1.82, 2.24) is 4.90 Å². The summed E-state index contributed by atoms with van der Waals surface area (Å²) in [6.45, 7) is 2.91. The summed E-state index contributed by atoms with van der Waals surface area (Å²) in [5, 5.41) is 8.41. The van der Waals surface area contributed by atoms with Gasteiger partial charge in [-0.25, -0.2) is 0 Å². The molecule has 0 aliphatic carbocycles. The van der Waals surface area contributed by atoms with Gasteiger partial charge in [-0.3, -0.25) is 4.79 Å². The largest absolute Gasteiger partial charge is 0.459 e. The molecule has 0 aromatic carbocycles. The Kier molecular flexibility index (Phi) is 3.74. The number of hydrogen-bond acceptors (Lipinski definition) is 3. The molecule has 0 fully saturated rings. The van der Waals surface area contributed by atoms with Crippen molar-refractivity contribution in [2.75, 3.05) is 13.1 Å². The van der Waals surface area contributed by atoms with Gasteiger partial charge in [0, 0.05) is 13.1 Å². The van der Waals surface area contributed by atoms with Gasteiger partial charge in [-0.2, -0.15) is 5.26 Å². The molecule has 0 spiro atoms. The highest BCUT2D eigenvalue weighted by Crippen LogP contribution is 2.05. The summed E-state index contributed by atoms with van der Waals surface area (Å²) in [7, 11) is 0. The minimum Gasteiger partial charge on any atom is -0.459 e. The number of furan rings is 1. The van der Waals surface area contributed by atoms with Gasteiger partial charge in [0.1, 0.15) is 0 Å². The molecule has 0 radical (unpaired) electrons. The SMILES string of the molecule is CCN(CCC#N)C(=O)c1ccco1. The van der Waals surface area contributed by atoms with E-state index in [2.05, 4.69) is 0 Å². The van der Waals surface area contributed by atoms with E-state index < -0.39 is 0 Å². The Morgan fingerprint density at radius 1 is 1.71 bits per heavy atom. The van der Waals surface area contributed by atoms with Crippen molar-refractivity contribution in [2.45, 2.75) is 13.3 Å². The molecular formula is C10H12N2O2. The van der Waals surface area contributed by atoms with E-state index in [0.29, 0.717) is 25.3 Å². The molecule has 0 atom stereocenters. The van der Waals surface area contributed by atoms with Crippen LogP contribution in [0.25, 0.3) is 0 Å². The van der Waals surface area contributed by atoms with Crippen molar-refractivity contribution >= 4 is 5.91 Å². The Hall–Kier alpha value is -1.76. The van der Waals surface area contributed by atoms with E-state index >= 15 is 0 Å². The maximum Gasteiger partial charge on any atom is 0.289 e. The van der Waals surface area contributed by atoms with Crippen molar-refractivity contribution in [1.29, 1.82) is 5.26 Å². The lowest BCUT2D eigenvalue weighted by atomic mass is 10.3. The van der Waals surface area contributed by atoms with Crippen LogP contribution in [0.3, 0.4) is 0 Å². The zero-order valence-electron chi connectivity index (χ0n) is 8.06. The summed E-state index contributed by atoms with van der Waals surface area (Å²) < 4.78 is 4.98. The number of rotatable bonds is 4. The standard InChI is InChI=1S/C10H12N2O2/c1-2-12(7-4-6-11)10(13)9-5-3-8-14-9/h3,5,8H,2,4,7H2,1H3. The van der Waals surface area contributed by atoms with Crippen LogP contribution in [0.4, 0.5) is 0 Å². The van der Waals surface area contributed by atoms with Crippen LogP contribution in [0.2, 0.25) is 0 Å². The molecule has 1 rings (SSSR count). The molecule has 0 aliphatic rings. The Bertz CT molecular complexity index is 324. The van der Waals surface area contributed by atoms with E-state index in [1.165, 1.54) is 6.26 Å². The summed E-state index contributed by atoms with van der Waals surface area (Å²) in [5.74, 6) is 0.164. The Morgan fingerprint density at radius 2 is 2.50 bits per heavy atom.